The normalized spacial score (nSPS) is 29.0. The number of hydrogen-bond donors (Lipinski definition) is 2. The lowest BCUT2D eigenvalue weighted by Gasteiger charge is -2.31. The molecule has 0 bridgehead atoms. The van der Waals surface area contributed by atoms with Crippen LogP contribution >= 0.6 is 0 Å². The van der Waals surface area contributed by atoms with E-state index in [0.717, 1.165) is 38.2 Å². The molecule has 0 unspecified atom stereocenters. The molecule has 0 amide bonds. The Hall–Kier alpha value is -0.870. The van der Waals surface area contributed by atoms with E-state index >= 15 is 0 Å². The maximum absolute atomic E-state index is 11.0. The van der Waals surface area contributed by atoms with Gasteiger partial charge in [-0.05, 0) is 5.92 Å². The SMILES string of the molecule is [O-][NH+]1CCC(Cc2ncc[nH]2)CC1. The summed E-state index contributed by atoms with van der Waals surface area (Å²) in [7, 11) is 0. The fraction of sp³-hybridized carbons (Fsp3) is 0.667. The van der Waals surface area contributed by atoms with Gasteiger partial charge in [0, 0.05) is 31.7 Å². The van der Waals surface area contributed by atoms with Gasteiger partial charge in [0.25, 0.3) is 0 Å². The highest BCUT2D eigenvalue weighted by Gasteiger charge is 2.18. The summed E-state index contributed by atoms with van der Waals surface area (Å²) in [4.78, 5) is 7.29. The van der Waals surface area contributed by atoms with Crippen LogP contribution in [0.5, 0.6) is 0 Å². The number of hydrogen-bond acceptors (Lipinski definition) is 2. The molecule has 2 heterocycles. The van der Waals surface area contributed by atoms with Gasteiger partial charge in [0.05, 0.1) is 13.1 Å². The number of aromatic amines is 1. The number of H-pyrrole nitrogens is 1. The Balaban J connectivity index is 1.83. The van der Waals surface area contributed by atoms with Crippen molar-refractivity contribution in [1.29, 1.82) is 0 Å². The smallest absolute Gasteiger partial charge is 0.106 e. The number of piperidine rings is 1. The number of imidazole rings is 1. The van der Waals surface area contributed by atoms with Gasteiger partial charge in [-0.3, -0.25) is 0 Å². The highest BCUT2D eigenvalue weighted by molar-refractivity contribution is 4.89. The van der Waals surface area contributed by atoms with Crippen LogP contribution in [-0.2, 0) is 6.42 Å². The molecule has 2 rings (SSSR count). The van der Waals surface area contributed by atoms with Crippen molar-refractivity contribution < 1.29 is 5.06 Å². The molecule has 13 heavy (non-hydrogen) atoms. The molecule has 0 radical (unpaired) electrons. The van der Waals surface area contributed by atoms with Crippen molar-refractivity contribution >= 4 is 0 Å². The molecule has 0 saturated carbocycles. The molecule has 1 aliphatic heterocycles. The van der Waals surface area contributed by atoms with Crippen LogP contribution in [-0.4, -0.2) is 23.1 Å². The molecule has 1 aliphatic rings. The zero-order valence-electron chi connectivity index (χ0n) is 7.62. The molecule has 1 saturated heterocycles. The molecule has 1 aromatic heterocycles. The van der Waals surface area contributed by atoms with Crippen molar-refractivity contribution in [2.24, 2.45) is 5.92 Å². The molecular weight excluding hydrogens is 166 g/mol. The van der Waals surface area contributed by atoms with E-state index in [4.69, 9.17) is 0 Å². The third-order valence-corrected chi connectivity index (χ3v) is 2.70. The van der Waals surface area contributed by atoms with Crippen LogP contribution < -0.4 is 5.06 Å². The predicted molar refractivity (Wildman–Crippen MR) is 49.1 cm³/mol. The van der Waals surface area contributed by atoms with E-state index in [1.165, 1.54) is 0 Å². The van der Waals surface area contributed by atoms with E-state index in [-0.39, 0.29) is 0 Å². The minimum Gasteiger partial charge on any atom is -0.634 e. The second kappa shape index (κ2) is 3.89. The summed E-state index contributed by atoms with van der Waals surface area (Å²) in [5.41, 5.74) is 0. The molecule has 0 atom stereocenters. The minimum absolute atomic E-state index is 0.427. The Bertz CT molecular complexity index is 239. The van der Waals surface area contributed by atoms with Crippen LogP contribution in [0.15, 0.2) is 12.4 Å². The zero-order valence-corrected chi connectivity index (χ0v) is 7.62. The van der Waals surface area contributed by atoms with E-state index in [1.54, 1.807) is 6.20 Å². The van der Waals surface area contributed by atoms with Crippen molar-refractivity contribution in [2.45, 2.75) is 19.3 Å². The highest BCUT2D eigenvalue weighted by atomic mass is 16.5. The first-order valence-electron chi connectivity index (χ1n) is 4.84. The van der Waals surface area contributed by atoms with Crippen molar-refractivity contribution in [2.75, 3.05) is 13.1 Å². The molecule has 1 fully saturated rings. The molecular formula is C9H15N3O. The molecule has 72 valence electrons. The summed E-state index contributed by atoms with van der Waals surface area (Å²) in [6.07, 6.45) is 6.71. The Morgan fingerprint density at radius 2 is 2.31 bits per heavy atom. The average molecular weight is 181 g/mol. The van der Waals surface area contributed by atoms with Gasteiger partial charge in [0.2, 0.25) is 0 Å². The molecule has 0 aromatic carbocycles. The second-order valence-electron chi connectivity index (χ2n) is 3.72. The van der Waals surface area contributed by atoms with Gasteiger partial charge in [0.1, 0.15) is 5.82 Å². The summed E-state index contributed by atoms with van der Waals surface area (Å²) in [5.74, 6) is 1.71. The standard InChI is InChI=1S/C9H15N3O/c13-12-5-1-8(2-6-12)7-9-10-3-4-11-9/h3-4,8,12H,1-2,5-7H2,(H,10,11). The van der Waals surface area contributed by atoms with Crippen molar-refractivity contribution in [1.82, 2.24) is 9.97 Å². The van der Waals surface area contributed by atoms with Gasteiger partial charge in [0.15, 0.2) is 0 Å². The van der Waals surface area contributed by atoms with E-state index in [0.29, 0.717) is 11.0 Å². The summed E-state index contributed by atoms with van der Waals surface area (Å²) >= 11 is 0. The number of aromatic nitrogens is 2. The quantitative estimate of drug-likeness (QED) is 0.618. The fourth-order valence-corrected chi connectivity index (χ4v) is 1.89. The molecule has 4 nitrogen and oxygen atoms in total. The molecule has 2 N–H and O–H groups in total. The van der Waals surface area contributed by atoms with Crippen LogP contribution in [0.4, 0.5) is 0 Å². The minimum atomic E-state index is 0.427. The molecule has 0 spiro atoms. The van der Waals surface area contributed by atoms with E-state index in [2.05, 4.69) is 9.97 Å². The van der Waals surface area contributed by atoms with Gasteiger partial charge in [-0.15, -0.1) is 0 Å². The number of nitrogens with one attached hydrogen (secondary N) is 2. The van der Waals surface area contributed by atoms with Gasteiger partial charge in [-0.2, -0.15) is 0 Å². The lowest BCUT2D eigenvalue weighted by molar-refractivity contribution is -0.854. The fourth-order valence-electron chi connectivity index (χ4n) is 1.89. The third kappa shape index (κ3) is 2.29. The number of hydroxylamine groups is 2. The van der Waals surface area contributed by atoms with Crippen LogP contribution in [0.1, 0.15) is 18.7 Å². The van der Waals surface area contributed by atoms with Gasteiger partial charge >= 0.3 is 0 Å². The molecule has 0 aliphatic carbocycles. The van der Waals surface area contributed by atoms with Gasteiger partial charge in [-0.25, -0.2) is 4.98 Å². The van der Waals surface area contributed by atoms with Crippen LogP contribution in [0.3, 0.4) is 0 Å². The Kier molecular flexibility index (Phi) is 2.61. The number of nitrogens with zero attached hydrogens (tertiary/aromatic N) is 1. The Morgan fingerprint density at radius 1 is 1.54 bits per heavy atom. The first-order valence-corrected chi connectivity index (χ1v) is 4.84. The first-order chi connectivity index (χ1) is 6.34. The molecule has 4 heteroatoms. The second-order valence-corrected chi connectivity index (χ2v) is 3.72. The summed E-state index contributed by atoms with van der Waals surface area (Å²) in [6.45, 7) is 1.54. The first kappa shape index (κ1) is 8.72. The van der Waals surface area contributed by atoms with Crippen LogP contribution in [0.2, 0.25) is 0 Å². The van der Waals surface area contributed by atoms with Crippen molar-refractivity contribution in [3.8, 4) is 0 Å². The lowest BCUT2D eigenvalue weighted by Crippen LogP contribution is -3.08. The topological polar surface area (TPSA) is 56.2 Å². The van der Waals surface area contributed by atoms with E-state index < -0.39 is 0 Å². The maximum atomic E-state index is 11.0. The van der Waals surface area contributed by atoms with Crippen molar-refractivity contribution in [3.63, 3.8) is 0 Å². The largest absolute Gasteiger partial charge is 0.634 e. The van der Waals surface area contributed by atoms with E-state index in [9.17, 15) is 5.21 Å². The number of quaternary nitrogens is 1. The Labute approximate surface area is 77.6 Å². The van der Waals surface area contributed by atoms with E-state index in [1.807, 2.05) is 6.20 Å². The summed E-state index contributed by atoms with van der Waals surface area (Å²) < 4.78 is 0. The van der Waals surface area contributed by atoms with Gasteiger partial charge in [-0.1, -0.05) is 0 Å². The Morgan fingerprint density at radius 3 is 2.92 bits per heavy atom. The zero-order chi connectivity index (χ0) is 9.10. The third-order valence-electron chi connectivity index (χ3n) is 2.70. The van der Waals surface area contributed by atoms with Crippen LogP contribution in [0, 0.1) is 11.1 Å². The van der Waals surface area contributed by atoms with Gasteiger partial charge < -0.3 is 15.3 Å². The predicted octanol–water partition coefficient (Wildman–Crippen LogP) is -0.255. The monoisotopic (exact) mass is 181 g/mol. The van der Waals surface area contributed by atoms with Crippen molar-refractivity contribution in [3.05, 3.63) is 23.4 Å². The molecule has 1 aromatic rings. The number of rotatable bonds is 2. The van der Waals surface area contributed by atoms with Crippen LogP contribution in [0.25, 0.3) is 0 Å². The highest BCUT2D eigenvalue weighted by Crippen LogP contribution is 2.13. The summed E-state index contributed by atoms with van der Waals surface area (Å²) in [5, 5.41) is 11.4. The maximum Gasteiger partial charge on any atom is 0.106 e. The average Bonchev–Trinajstić information content (AvgIpc) is 2.62. The lowest BCUT2D eigenvalue weighted by atomic mass is 9.94. The summed E-state index contributed by atoms with van der Waals surface area (Å²) in [6, 6.07) is 0.